The highest BCUT2D eigenvalue weighted by Crippen LogP contribution is 2.45. The number of fused-ring (bicyclic) bond motifs is 2. The molecule has 0 spiro atoms. The second-order valence-electron chi connectivity index (χ2n) is 8.05. The number of thiophene rings is 1. The van der Waals surface area contributed by atoms with Crippen molar-refractivity contribution < 1.29 is 19.1 Å². The first-order chi connectivity index (χ1) is 15.0. The highest BCUT2D eigenvalue weighted by atomic mass is 32.1. The molecule has 0 amide bonds. The van der Waals surface area contributed by atoms with Gasteiger partial charge in [0.05, 0.1) is 24.6 Å². The summed E-state index contributed by atoms with van der Waals surface area (Å²) in [5.74, 6) is 0.310. The van der Waals surface area contributed by atoms with Crippen LogP contribution < -0.4 is 10.2 Å². The summed E-state index contributed by atoms with van der Waals surface area (Å²) in [6.07, 6.45) is 5.47. The first-order valence-electron chi connectivity index (χ1n) is 10.6. The maximum Gasteiger partial charge on any atom is 0.343 e. The van der Waals surface area contributed by atoms with Gasteiger partial charge in [0.2, 0.25) is 5.43 Å². The fourth-order valence-electron chi connectivity index (χ4n) is 4.32. The highest BCUT2D eigenvalue weighted by Gasteiger charge is 2.30. The summed E-state index contributed by atoms with van der Waals surface area (Å²) < 4.78 is 13.0. The molecular formula is C24H23NO5S. The van der Waals surface area contributed by atoms with Crippen LogP contribution in [0.15, 0.2) is 29.2 Å². The number of ketones is 1. The lowest BCUT2D eigenvalue weighted by atomic mass is 9.97. The number of rotatable bonds is 5. The molecule has 0 bridgehead atoms. The van der Waals surface area contributed by atoms with E-state index in [0.717, 1.165) is 34.6 Å². The van der Waals surface area contributed by atoms with Crippen LogP contribution in [-0.2, 0) is 22.4 Å². The molecule has 7 heteroatoms. The fraction of sp³-hybridized carbons (Fsp3) is 0.375. The summed E-state index contributed by atoms with van der Waals surface area (Å²) in [7, 11) is 1.61. The van der Waals surface area contributed by atoms with E-state index in [1.54, 1.807) is 37.6 Å². The molecule has 31 heavy (non-hydrogen) atoms. The van der Waals surface area contributed by atoms with Crippen molar-refractivity contribution in [3.05, 3.63) is 50.6 Å². The average Bonchev–Trinajstić information content (AvgIpc) is 3.52. The summed E-state index contributed by atoms with van der Waals surface area (Å²) in [6, 6.07) is 6.03. The smallest absolute Gasteiger partial charge is 0.343 e. The number of nitrogens with zero attached hydrogens (tertiary/aromatic N) is 1. The summed E-state index contributed by atoms with van der Waals surface area (Å²) in [5, 5.41) is 0.453. The van der Waals surface area contributed by atoms with E-state index in [1.165, 1.54) is 5.56 Å². The van der Waals surface area contributed by atoms with E-state index in [2.05, 4.69) is 6.07 Å². The molecule has 2 aliphatic rings. The molecular weight excluding hydrogens is 414 g/mol. The van der Waals surface area contributed by atoms with Gasteiger partial charge in [0.15, 0.2) is 5.75 Å². The molecule has 1 saturated carbocycles. The summed E-state index contributed by atoms with van der Waals surface area (Å²) in [4.78, 5) is 39.6. The number of hydrogen-bond donors (Lipinski definition) is 0. The Bertz CT molecular complexity index is 1280. The molecule has 6 nitrogen and oxygen atoms in total. The van der Waals surface area contributed by atoms with Gasteiger partial charge in [-0.2, -0.15) is 0 Å². The summed E-state index contributed by atoms with van der Waals surface area (Å²) in [5.41, 5.74) is 2.55. The third kappa shape index (κ3) is 3.37. The second kappa shape index (κ2) is 7.64. The van der Waals surface area contributed by atoms with Crippen LogP contribution in [0.5, 0.6) is 5.75 Å². The Morgan fingerprint density at radius 1 is 1.23 bits per heavy atom. The van der Waals surface area contributed by atoms with E-state index in [0.29, 0.717) is 29.5 Å². The molecule has 0 radical (unpaired) electrons. The minimum absolute atomic E-state index is 0.0566. The van der Waals surface area contributed by atoms with Gasteiger partial charge in [0, 0.05) is 40.4 Å². The molecule has 0 saturated heterocycles. The van der Waals surface area contributed by atoms with Gasteiger partial charge in [-0.15, -0.1) is 11.3 Å². The summed E-state index contributed by atoms with van der Waals surface area (Å²) >= 11 is 1.62. The van der Waals surface area contributed by atoms with Crippen LogP contribution in [0.4, 0.5) is 0 Å². The number of ether oxygens (including phenoxy) is 2. The predicted molar refractivity (Wildman–Crippen MR) is 119 cm³/mol. The van der Waals surface area contributed by atoms with Crippen LogP contribution in [-0.4, -0.2) is 30.0 Å². The lowest BCUT2D eigenvalue weighted by molar-refractivity contribution is -0.118. The number of benzene rings is 1. The molecule has 3 aromatic rings. The van der Waals surface area contributed by atoms with Crippen molar-refractivity contribution in [1.82, 2.24) is 4.57 Å². The second-order valence-corrected chi connectivity index (χ2v) is 9.18. The lowest BCUT2D eigenvalue weighted by Gasteiger charge is -2.17. The Labute approximate surface area is 183 Å². The van der Waals surface area contributed by atoms with Crippen LogP contribution in [0.2, 0.25) is 0 Å². The van der Waals surface area contributed by atoms with Gasteiger partial charge in [-0.3, -0.25) is 9.59 Å². The number of aryl methyl sites for hydroxylation is 1. The Hall–Kier alpha value is -2.93. The van der Waals surface area contributed by atoms with Crippen LogP contribution >= 0.6 is 11.3 Å². The van der Waals surface area contributed by atoms with Gasteiger partial charge in [-0.05, 0) is 49.9 Å². The van der Waals surface area contributed by atoms with Gasteiger partial charge >= 0.3 is 5.97 Å². The zero-order valence-corrected chi connectivity index (χ0v) is 18.3. The van der Waals surface area contributed by atoms with Gasteiger partial charge in [-0.1, -0.05) is 0 Å². The monoisotopic (exact) mass is 437 g/mol. The molecule has 2 heterocycles. The average molecular weight is 438 g/mol. The molecule has 5 rings (SSSR count). The van der Waals surface area contributed by atoms with Crippen molar-refractivity contribution in [2.45, 2.75) is 45.1 Å². The number of Topliss-reactive ketones (excluding diaryl/α,β-unsaturated/α-hetero) is 1. The van der Waals surface area contributed by atoms with Crippen molar-refractivity contribution in [3.8, 4) is 16.2 Å². The van der Waals surface area contributed by atoms with Gasteiger partial charge in [-0.25, -0.2) is 4.79 Å². The number of hydrogen-bond acceptors (Lipinski definition) is 6. The Kier molecular flexibility index (Phi) is 4.93. The quantitative estimate of drug-likeness (QED) is 0.556. The topological polar surface area (TPSA) is 74.6 Å². The fourth-order valence-corrected chi connectivity index (χ4v) is 5.58. The van der Waals surface area contributed by atoms with Crippen LogP contribution in [0.25, 0.3) is 21.3 Å². The first-order valence-corrected chi connectivity index (χ1v) is 11.4. The SMILES string of the molecule is CCOC(=O)c1cn(C2CC2)c2c(OC)c(-c3cc4c(s3)CC(=O)CC4)ccc2c1=O. The van der Waals surface area contributed by atoms with E-state index >= 15 is 0 Å². The van der Waals surface area contributed by atoms with E-state index in [-0.39, 0.29) is 29.4 Å². The van der Waals surface area contributed by atoms with Gasteiger partial charge in [0.1, 0.15) is 11.3 Å². The minimum atomic E-state index is -0.595. The van der Waals surface area contributed by atoms with E-state index in [4.69, 9.17) is 9.47 Å². The highest BCUT2D eigenvalue weighted by molar-refractivity contribution is 7.15. The number of methoxy groups -OCH3 is 1. The number of aromatic nitrogens is 1. The largest absolute Gasteiger partial charge is 0.494 e. The Balaban J connectivity index is 1.73. The van der Waals surface area contributed by atoms with Crippen molar-refractivity contribution in [2.75, 3.05) is 13.7 Å². The van der Waals surface area contributed by atoms with E-state index < -0.39 is 5.97 Å². The van der Waals surface area contributed by atoms with Crippen molar-refractivity contribution in [1.29, 1.82) is 0 Å². The third-order valence-corrected chi connectivity index (χ3v) is 7.19. The summed E-state index contributed by atoms with van der Waals surface area (Å²) in [6.45, 7) is 1.94. The first kappa shape index (κ1) is 20.0. The molecule has 2 aromatic heterocycles. The molecule has 1 fully saturated rings. The molecule has 1 aromatic carbocycles. The number of esters is 1. The number of carbonyl (C=O) groups excluding carboxylic acids is 2. The normalized spacial score (nSPS) is 15.7. The van der Waals surface area contributed by atoms with Gasteiger partial charge < -0.3 is 14.0 Å². The number of carbonyl (C=O) groups is 2. The molecule has 160 valence electrons. The Morgan fingerprint density at radius 2 is 2.03 bits per heavy atom. The van der Waals surface area contributed by atoms with E-state index in [1.807, 2.05) is 10.6 Å². The zero-order chi connectivity index (χ0) is 21.7. The molecule has 0 N–H and O–H groups in total. The van der Waals surface area contributed by atoms with E-state index in [9.17, 15) is 14.4 Å². The van der Waals surface area contributed by atoms with Crippen molar-refractivity contribution >= 4 is 34.0 Å². The molecule has 2 aliphatic carbocycles. The lowest BCUT2D eigenvalue weighted by Crippen LogP contribution is -2.21. The zero-order valence-electron chi connectivity index (χ0n) is 17.5. The van der Waals surface area contributed by atoms with Crippen LogP contribution in [0.3, 0.4) is 0 Å². The molecule has 0 aliphatic heterocycles. The van der Waals surface area contributed by atoms with Crippen molar-refractivity contribution in [2.24, 2.45) is 0 Å². The van der Waals surface area contributed by atoms with Crippen molar-refractivity contribution in [3.63, 3.8) is 0 Å². The maximum atomic E-state index is 13.1. The Morgan fingerprint density at radius 3 is 2.74 bits per heavy atom. The van der Waals surface area contributed by atoms with Crippen LogP contribution in [0.1, 0.15) is 53.0 Å². The third-order valence-electron chi connectivity index (χ3n) is 5.98. The molecule has 0 unspecified atom stereocenters. The maximum absolute atomic E-state index is 13.1. The minimum Gasteiger partial charge on any atom is -0.494 e. The predicted octanol–water partition coefficient (Wildman–Crippen LogP) is 4.31. The standard InChI is InChI=1S/C24H23NO5S/c1-3-30-24(28)18-12-25(14-5-6-14)21-17(22(18)27)9-8-16(23(21)29-2)20-10-13-4-7-15(26)11-19(13)31-20/h8-10,12,14H,3-7,11H2,1-2H3. The van der Waals surface area contributed by atoms with Crippen LogP contribution in [0, 0.1) is 0 Å². The van der Waals surface area contributed by atoms with Gasteiger partial charge in [0.25, 0.3) is 0 Å². The molecule has 0 atom stereocenters. The number of pyridine rings is 1.